The number of nitrogens with zero attached hydrogens (tertiary/aromatic N) is 2. The van der Waals surface area contributed by atoms with E-state index in [0.717, 1.165) is 50.7 Å². The first-order valence-electron chi connectivity index (χ1n) is 9.32. The second-order valence-electron chi connectivity index (χ2n) is 6.47. The van der Waals surface area contributed by atoms with Gasteiger partial charge in [0, 0.05) is 43.9 Å². The lowest BCUT2D eigenvalue weighted by atomic mass is 10.1. The van der Waals surface area contributed by atoms with Gasteiger partial charge in [0.25, 0.3) is 5.56 Å². The molecule has 0 bridgehead atoms. The average Bonchev–Trinajstić information content (AvgIpc) is 3.16. The predicted octanol–water partition coefficient (Wildman–Crippen LogP) is 3.36. The van der Waals surface area contributed by atoms with E-state index >= 15 is 0 Å². The van der Waals surface area contributed by atoms with Crippen molar-refractivity contribution in [2.75, 3.05) is 19.6 Å². The van der Waals surface area contributed by atoms with E-state index in [9.17, 15) is 4.79 Å². The molecular formula is C20H30N4OS. The van der Waals surface area contributed by atoms with Crippen LogP contribution in [0, 0.1) is 6.92 Å². The summed E-state index contributed by atoms with van der Waals surface area (Å²) in [7, 11) is 0. The van der Waals surface area contributed by atoms with E-state index in [4.69, 9.17) is 4.99 Å². The van der Waals surface area contributed by atoms with Crippen molar-refractivity contribution in [3.8, 4) is 0 Å². The van der Waals surface area contributed by atoms with E-state index in [1.54, 1.807) is 17.4 Å². The van der Waals surface area contributed by atoms with Gasteiger partial charge in [-0.1, -0.05) is 13.0 Å². The van der Waals surface area contributed by atoms with Crippen LogP contribution < -0.4 is 16.2 Å². The van der Waals surface area contributed by atoms with Gasteiger partial charge >= 0.3 is 0 Å². The highest BCUT2D eigenvalue weighted by Crippen LogP contribution is 2.18. The van der Waals surface area contributed by atoms with Gasteiger partial charge in [0.1, 0.15) is 0 Å². The number of nitrogens with one attached hydrogen (secondary N) is 2. The molecule has 0 aliphatic carbocycles. The summed E-state index contributed by atoms with van der Waals surface area (Å²) < 4.78 is 1.84. The van der Waals surface area contributed by atoms with E-state index in [2.05, 4.69) is 41.3 Å². The summed E-state index contributed by atoms with van der Waals surface area (Å²) in [4.78, 5) is 16.6. The van der Waals surface area contributed by atoms with Gasteiger partial charge in [-0.2, -0.15) is 11.3 Å². The molecule has 2 heterocycles. The first-order valence-corrected chi connectivity index (χ1v) is 10.3. The van der Waals surface area contributed by atoms with Crippen LogP contribution >= 0.6 is 11.3 Å². The molecule has 0 aliphatic rings. The fraction of sp³-hybridized carbons (Fsp3) is 0.500. The van der Waals surface area contributed by atoms with Crippen LogP contribution in [0.4, 0.5) is 0 Å². The largest absolute Gasteiger partial charge is 0.357 e. The van der Waals surface area contributed by atoms with Crippen molar-refractivity contribution < 1.29 is 0 Å². The SMILES string of the molecule is CCNC(=NCC(C)c1ccsc1)NCCCCn1c(C)cccc1=O. The van der Waals surface area contributed by atoms with Crippen LogP contribution in [0.2, 0.25) is 0 Å². The van der Waals surface area contributed by atoms with Crippen molar-refractivity contribution in [2.45, 2.75) is 46.1 Å². The predicted molar refractivity (Wildman–Crippen MR) is 111 cm³/mol. The highest BCUT2D eigenvalue weighted by molar-refractivity contribution is 7.07. The van der Waals surface area contributed by atoms with Crippen molar-refractivity contribution in [2.24, 2.45) is 4.99 Å². The normalized spacial score (nSPS) is 12.8. The molecule has 0 saturated heterocycles. The Morgan fingerprint density at radius 2 is 2.12 bits per heavy atom. The third-order valence-electron chi connectivity index (χ3n) is 4.35. The lowest BCUT2D eigenvalue weighted by Crippen LogP contribution is -2.38. The molecule has 2 aromatic heterocycles. The van der Waals surface area contributed by atoms with E-state index in [-0.39, 0.29) is 5.56 Å². The number of pyridine rings is 1. The maximum atomic E-state index is 11.9. The number of aliphatic imine (C=N–C) groups is 1. The summed E-state index contributed by atoms with van der Waals surface area (Å²) in [5.41, 5.74) is 2.44. The molecule has 142 valence electrons. The van der Waals surface area contributed by atoms with Crippen LogP contribution in [-0.2, 0) is 6.54 Å². The minimum absolute atomic E-state index is 0.0790. The van der Waals surface area contributed by atoms with Crippen LogP contribution in [0.3, 0.4) is 0 Å². The van der Waals surface area contributed by atoms with Gasteiger partial charge in [-0.15, -0.1) is 0 Å². The summed E-state index contributed by atoms with van der Waals surface area (Å²) in [6.07, 6.45) is 1.95. The van der Waals surface area contributed by atoms with Crippen molar-refractivity contribution in [1.82, 2.24) is 15.2 Å². The molecule has 0 saturated carbocycles. The number of aryl methyl sites for hydroxylation is 1. The average molecular weight is 375 g/mol. The number of hydrogen-bond acceptors (Lipinski definition) is 3. The Morgan fingerprint density at radius 1 is 1.27 bits per heavy atom. The Morgan fingerprint density at radius 3 is 2.81 bits per heavy atom. The number of rotatable bonds is 9. The molecule has 0 fully saturated rings. The highest BCUT2D eigenvalue weighted by atomic mass is 32.1. The van der Waals surface area contributed by atoms with Crippen molar-refractivity contribution in [1.29, 1.82) is 0 Å². The summed E-state index contributed by atoms with van der Waals surface area (Å²) in [6, 6.07) is 7.57. The molecule has 0 spiro atoms. The van der Waals surface area contributed by atoms with Gasteiger partial charge in [0.15, 0.2) is 5.96 Å². The molecule has 1 atom stereocenters. The minimum atomic E-state index is 0.0790. The van der Waals surface area contributed by atoms with Crippen LogP contribution in [0.15, 0.2) is 44.8 Å². The molecule has 2 aromatic rings. The van der Waals surface area contributed by atoms with Gasteiger partial charge < -0.3 is 15.2 Å². The Balaban J connectivity index is 1.75. The molecule has 26 heavy (non-hydrogen) atoms. The molecule has 0 radical (unpaired) electrons. The summed E-state index contributed by atoms with van der Waals surface area (Å²) in [5, 5.41) is 11.0. The molecule has 2 N–H and O–H groups in total. The maximum absolute atomic E-state index is 11.9. The quantitative estimate of drug-likeness (QED) is 0.402. The molecule has 0 amide bonds. The third-order valence-corrected chi connectivity index (χ3v) is 5.05. The molecule has 1 unspecified atom stereocenters. The Kier molecular flexibility index (Phi) is 8.41. The van der Waals surface area contributed by atoms with Gasteiger partial charge in [0.05, 0.1) is 0 Å². The van der Waals surface area contributed by atoms with Crippen molar-refractivity contribution >= 4 is 17.3 Å². The van der Waals surface area contributed by atoms with Crippen LogP contribution in [0.1, 0.15) is 43.9 Å². The number of hydrogen-bond donors (Lipinski definition) is 2. The monoisotopic (exact) mass is 374 g/mol. The molecule has 0 aromatic carbocycles. The number of guanidine groups is 1. The van der Waals surface area contributed by atoms with E-state index < -0.39 is 0 Å². The number of aromatic nitrogens is 1. The Bertz CT molecular complexity index is 737. The zero-order valence-corrected chi connectivity index (χ0v) is 16.8. The van der Waals surface area contributed by atoms with Crippen LogP contribution in [0.25, 0.3) is 0 Å². The molecular weight excluding hydrogens is 344 g/mol. The van der Waals surface area contributed by atoms with Gasteiger partial charge in [-0.3, -0.25) is 9.79 Å². The fourth-order valence-electron chi connectivity index (χ4n) is 2.74. The third kappa shape index (κ3) is 6.33. The standard InChI is InChI=1S/C20H30N4OS/c1-4-21-20(23-14-16(2)18-10-13-26-15-18)22-11-5-6-12-24-17(3)8-7-9-19(24)25/h7-10,13,15-16H,4-6,11-12,14H2,1-3H3,(H2,21,22,23). The second kappa shape index (κ2) is 10.8. The first-order chi connectivity index (χ1) is 12.6. The Labute approximate surface area is 160 Å². The smallest absolute Gasteiger partial charge is 0.250 e. The first kappa shape index (κ1) is 20.2. The fourth-order valence-corrected chi connectivity index (χ4v) is 3.52. The maximum Gasteiger partial charge on any atom is 0.250 e. The lowest BCUT2D eigenvalue weighted by Gasteiger charge is -2.13. The molecule has 2 rings (SSSR count). The summed E-state index contributed by atoms with van der Waals surface area (Å²) >= 11 is 1.73. The van der Waals surface area contributed by atoms with Crippen molar-refractivity contribution in [3.63, 3.8) is 0 Å². The number of thiophene rings is 1. The van der Waals surface area contributed by atoms with Gasteiger partial charge in [-0.25, -0.2) is 0 Å². The topological polar surface area (TPSA) is 58.4 Å². The Hall–Kier alpha value is -2.08. The molecule has 5 nitrogen and oxygen atoms in total. The number of unbranched alkanes of at least 4 members (excludes halogenated alkanes) is 1. The minimum Gasteiger partial charge on any atom is -0.357 e. The van der Waals surface area contributed by atoms with Crippen molar-refractivity contribution in [3.05, 3.63) is 56.6 Å². The zero-order chi connectivity index (χ0) is 18.8. The molecule has 6 heteroatoms. The summed E-state index contributed by atoms with van der Waals surface area (Å²) in [6.45, 7) is 9.47. The lowest BCUT2D eigenvalue weighted by molar-refractivity contribution is 0.574. The van der Waals surface area contributed by atoms with Crippen LogP contribution in [0.5, 0.6) is 0 Å². The summed E-state index contributed by atoms with van der Waals surface area (Å²) in [5.74, 6) is 1.28. The van der Waals surface area contributed by atoms with E-state index in [0.29, 0.717) is 5.92 Å². The van der Waals surface area contributed by atoms with E-state index in [1.807, 2.05) is 23.6 Å². The van der Waals surface area contributed by atoms with Gasteiger partial charge in [0.2, 0.25) is 0 Å². The van der Waals surface area contributed by atoms with Gasteiger partial charge in [-0.05, 0) is 55.1 Å². The second-order valence-corrected chi connectivity index (χ2v) is 7.25. The highest BCUT2D eigenvalue weighted by Gasteiger charge is 2.06. The zero-order valence-electron chi connectivity index (χ0n) is 16.0. The van der Waals surface area contributed by atoms with E-state index in [1.165, 1.54) is 5.56 Å². The molecule has 0 aliphatic heterocycles. The van der Waals surface area contributed by atoms with Crippen LogP contribution in [-0.4, -0.2) is 30.2 Å².